The van der Waals surface area contributed by atoms with Crippen LogP contribution in [0.3, 0.4) is 0 Å². The number of nitrogens with one attached hydrogen (secondary N) is 1. The van der Waals surface area contributed by atoms with Crippen LogP contribution in [0.15, 0.2) is 29.3 Å². The van der Waals surface area contributed by atoms with Gasteiger partial charge in [-0.05, 0) is 24.6 Å². The van der Waals surface area contributed by atoms with Gasteiger partial charge in [0.05, 0.1) is 13.1 Å². The van der Waals surface area contributed by atoms with E-state index in [2.05, 4.69) is 17.2 Å². The van der Waals surface area contributed by atoms with Crippen LogP contribution in [0, 0.1) is 0 Å². The number of carbonyl (C=O) groups excluding carboxylic acids is 2. The minimum Gasteiger partial charge on any atom is -0.476 e. The Bertz CT molecular complexity index is 688. The number of amides is 1. The topological polar surface area (TPSA) is 77.0 Å². The highest BCUT2D eigenvalue weighted by Crippen LogP contribution is 2.12. The van der Waals surface area contributed by atoms with Crippen molar-refractivity contribution < 1.29 is 19.1 Å². The second kappa shape index (κ2) is 14.6. The Hall–Kier alpha value is -2.37. The lowest BCUT2D eigenvalue weighted by molar-refractivity contribution is -0.143. The molecule has 0 bridgehead atoms. The average molecular weight is 417 g/mol. The van der Waals surface area contributed by atoms with Crippen molar-refractivity contribution in [2.24, 2.45) is 4.99 Å². The molecule has 166 valence electrons. The summed E-state index contributed by atoms with van der Waals surface area (Å²) < 4.78 is 10.6. The summed E-state index contributed by atoms with van der Waals surface area (Å²) in [6.45, 7) is 3.95. The number of hydrogen-bond acceptors (Lipinski definition) is 5. The summed E-state index contributed by atoms with van der Waals surface area (Å²) >= 11 is 0. The summed E-state index contributed by atoms with van der Waals surface area (Å²) in [5.74, 6) is 0.186. The Kier molecular flexibility index (Phi) is 11.6. The van der Waals surface area contributed by atoms with Gasteiger partial charge in [-0.3, -0.25) is 9.59 Å². The van der Waals surface area contributed by atoms with Gasteiger partial charge in [-0.25, -0.2) is 4.99 Å². The molecule has 0 saturated heterocycles. The molecule has 1 aliphatic heterocycles. The first-order valence-corrected chi connectivity index (χ1v) is 11.4. The van der Waals surface area contributed by atoms with Crippen LogP contribution in [0.2, 0.25) is 0 Å². The fourth-order valence-electron chi connectivity index (χ4n) is 3.39. The summed E-state index contributed by atoms with van der Waals surface area (Å²) in [4.78, 5) is 28.3. The molecule has 0 radical (unpaired) electrons. The average Bonchev–Trinajstić information content (AvgIpc) is 3.30. The third kappa shape index (κ3) is 9.42. The zero-order valence-electron chi connectivity index (χ0n) is 18.3. The van der Waals surface area contributed by atoms with Crippen LogP contribution in [0.25, 0.3) is 0 Å². The summed E-state index contributed by atoms with van der Waals surface area (Å²) in [6.07, 6.45) is 11.4. The second-order valence-electron chi connectivity index (χ2n) is 7.67. The number of rotatable bonds is 15. The molecule has 0 aliphatic carbocycles. The third-order valence-corrected chi connectivity index (χ3v) is 5.09. The van der Waals surface area contributed by atoms with Crippen molar-refractivity contribution in [2.75, 3.05) is 26.3 Å². The highest BCUT2D eigenvalue weighted by molar-refractivity contribution is 6.00. The lowest BCUT2D eigenvalue weighted by Gasteiger charge is -2.08. The normalized spacial score (nSPS) is 12.9. The van der Waals surface area contributed by atoms with E-state index in [1.165, 1.54) is 44.9 Å². The molecule has 1 N–H and O–H groups in total. The van der Waals surface area contributed by atoms with Gasteiger partial charge >= 0.3 is 5.97 Å². The lowest BCUT2D eigenvalue weighted by Crippen LogP contribution is -2.28. The van der Waals surface area contributed by atoms with Crippen molar-refractivity contribution in [3.63, 3.8) is 0 Å². The molecule has 0 spiro atoms. The number of unbranched alkanes of at least 4 members (excludes halogenated alkanes) is 8. The third-order valence-electron chi connectivity index (χ3n) is 5.09. The van der Waals surface area contributed by atoms with E-state index in [0.29, 0.717) is 37.6 Å². The van der Waals surface area contributed by atoms with Crippen LogP contribution in [0.4, 0.5) is 0 Å². The van der Waals surface area contributed by atoms with Gasteiger partial charge < -0.3 is 14.8 Å². The number of nitrogens with zero attached hydrogens (tertiary/aromatic N) is 1. The Morgan fingerprint density at radius 1 is 1.07 bits per heavy atom. The maximum Gasteiger partial charge on any atom is 0.305 e. The Labute approximate surface area is 180 Å². The monoisotopic (exact) mass is 416 g/mol. The van der Waals surface area contributed by atoms with E-state index in [1.54, 1.807) is 18.2 Å². The van der Waals surface area contributed by atoms with Crippen molar-refractivity contribution in [1.82, 2.24) is 5.32 Å². The van der Waals surface area contributed by atoms with Crippen LogP contribution < -0.4 is 5.32 Å². The van der Waals surface area contributed by atoms with Gasteiger partial charge in [0.1, 0.15) is 13.2 Å². The number of hydrogen-bond donors (Lipinski definition) is 1. The number of esters is 1. The number of benzene rings is 1. The standard InChI is InChI=1S/C24H36N2O4/c1-2-3-4-5-6-7-8-9-10-14-22(27)29-17-15-25-23(28)20-12-11-13-21(19-20)24-26-16-18-30-24/h11-13,19H,2-10,14-18H2,1H3,(H,25,28). The summed E-state index contributed by atoms with van der Waals surface area (Å²) in [5, 5.41) is 2.78. The molecule has 0 unspecified atom stereocenters. The molecule has 30 heavy (non-hydrogen) atoms. The predicted octanol–water partition coefficient (Wildman–Crippen LogP) is 4.66. The van der Waals surface area contributed by atoms with Gasteiger partial charge in [0.25, 0.3) is 5.91 Å². The second-order valence-corrected chi connectivity index (χ2v) is 7.67. The summed E-state index contributed by atoms with van der Waals surface area (Å²) in [6, 6.07) is 7.17. The molecule has 1 aliphatic rings. The molecule has 6 heteroatoms. The molecule has 1 aromatic rings. The van der Waals surface area contributed by atoms with E-state index in [0.717, 1.165) is 18.4 Å². The molecule has 1 aromatic carbocycles. The number of aliphatic imine (C=N–C) groups is 1. The van der Waals surface area contributed by atoms with Crippen LogP contribution >= 0.6 is 0 Å². The maximum absolute atomic E-state index is 12.3. The highest BCUT2D eigenvalue weighted by atomic mass is 16.5. The van der Waals surface area contributed by atoms with E-state index in [-0.39, 0.29) is 18.5 Å². The van der Waals surface area contributed by atoms with Crippen LogP contribution in [0.5, 0.6) is 0 Å². The van der Waals surface area contributed by atoms with Gasteiger partial charge in [-0.15, -0.1) is 0 Å². The van der Waals surface area contributed by atoms with Gasteiger partial charge in [0.15, 0.2) is 0 Å². The van der Waals surface area contributed by atoms with Crippen LogP contribution in [0.1, 0.15) is 87.1 Å². The molecule has 1 heterocycles. The number of ether oxygens (including phenoxy) is 2. The molecular weight excluding hydrogens is 380 g/mol. The van der Waals surface area contributed by atoms with E-state index in [9.17, 15) is 9.59 Å². The van der Waals surface area contributed by atoms with E-state index >= 15 is 0 Å². The zero-order valence-corrected chi connectivity index (χ0v) is 18.3. The molecule has 0 atom stereocenters. The highest BCUT2D eigenvalue weighted by Gasteiger charge is 2.13. The lowest BCUT2D eigenvalue weighted by atomic mass is 10.1. The van der Waals surface area contributed by atoms with Crippen molar-refractivity contribution in [3.8, 4) is 0 Å². The first-order valence-electron chi connectivity index (χ1n) is 11.4. The molecule has 0 saturated carbocycles. The Morgan fingerprint density at radius 3 is 2.50 bits per heavy atom. The van der Waals surface area contributed by atoms with Crippen LogP contribution in [-0.4, -0.2) is 44.1 Å². The van der Waals surface area contributed by atoms with Gasteiger partial charge in [0, 0.05) is 17.5 Å². The van der Waals surface area contributed by atoms with Gasteiger partial charge in [-0.1, -0.05) is 64.4 Å². The molecule has 0 fully saturated rings. The first kappa shape index (κ1) is 23.9. The molecular formula is C24H36N2O4. The van der Waals surface area contributed by atoms with Gasteiger partial charge in [0.2, 0.25) is 5.90 Å². The molecule has 0 aromatic heterocycles. The van der Waals surface area contributed by atoms with Crippen LogP contribution in [-0.2, 0) is 14.3 Å². The number of carbonyl (C=O) groups is 2. The minimum atomic E-state index is -0.203. The van der Waals surface area contributed by atoms with E-state index in [1.807, 2.05) is 6.07 Å². The predicted molar refractivity (Wildman–Crippen MR) is 119 cm³/mol. The summed E-state index contributed by atoms with van der Waals surface area (Å²) in [7, 11) is 0. The van der Waals surface area contributed by atoms with Crippen molar-refractivity contribution in [2.45, 2.75) is 71.1 Å². The Balaban J connectivity index is 1.51. The largest absolute Gasteiger partial charge is 0.476 e. The quantitative estimate of drug-likeness (QED) is 0.333. The van der Waals surface area contributed by atoms with Crippen molar-refractivity contribution in [1.29, 1.82) is 0 Å². The fraction of sp³-hybridized carbons (Fsp3) is 0.625. The summed E-state index contributed by atoms with van der Waals surface area (Å²) in [5.41, 5.74) is 1.33. The van der Waals surface area contributed by atoms with E-state index < -0.39 is 0 Å². The molecule has 1 amide bonds. The molecule has 6 nitrogen and oxygen atoms in total. The maximum atomic E-state index is 12.3. The van der Waals surface area contributed by atoms with Crippen molar-refractivity contribution >= 4 is 17.8 Å². The fourth-order valence-corrected chi connectivity index (χ4v) is 3.39. The SMILES string of the molecule is CCCCCCCCCCCC(=O)OCCNC(=O)c1cccc(C2=NCCO2)c1. The Morgan fingerprint density at radius 2 is 1.80 bits per heavy atom. The molecule has 2 rings (SSSR count). The zero-order chi connectivity index (χ0) is 21.4. The first-order chi connectivity index (χ1) is 14.7. The van der Waals surface area contributed by atoms with E-state index in [4.69, 9.17) is 9.47 Å². The van der Waals surface area contributed by atoms with Gasteiger partial charge in [-0.2, -0.15) is 0 Å². The smallest absolute Gasteiger partial charge is 0.305 e. The van der Waals surface area contributed by atoms with Crippen molar-refractivity contribution in [3.05, 3.63) is 35.4 Å². The minimum absolute atomic E-state index is 0.189.